The Hall–Kier alpha value is -2.28. The number of carboxylic acid groups (broad SMARTS) is 1. The van der Waals surface area contributed by atoms with Crippen molar-refractivity contribution < 1.29 is 23.4 Å². The third-order valence-electron chi connectivity index (χ3n) is 3.88. The van der Waals surface area contributed by atoms with E-state index in [1.807, 2.05) is 12.3 Å². The number of rotatable bonds is 11. The Bertz CT molecular complexity index is 871. The van der Waals surface area contributed by atoms with Gasteiger partial charge in [-0.05, 0) is 49.1 Å². The summed E-state index contributed by atoms with van der Waals surface area (Å²) in [5.41, 5.74) is 0.916. The predicted molar refractivity (Wildman–Crippen MR) is 116 cm³/mol. The van der Waals surface area contributed by atoms with Crippen LogP contribution in [0.3, 0.4) is 0 Å². The summed E-state index contributed by atoms with van der Waals surface area (Å²) in [4.78, 5) is 16.5. The zero-order valence-corrected chi connectivity index (χ0v) is 18.1. The average Bonchev–Trinajstić information content (AvgIpc) is 2.73. The number of hydrogen-bond donors (Lipinski definition) is 2. The summed E-state index contributed by atoms with van der Waals surface area (Å²) in [6, 6.07) is 6.83. The first-order valence-electron chi connectivity index (χ1n) is 8.94. The Morgan fingerprint density at radius 2 is 2.07 bits per heavy atom. The van der Waals surface area contributed by atoms with Gasteiger partial charge in [0.05, 0.1) is 0 Å². The van der Waals surface area contributed by atoms with E-state index in [0.29, 0.717) is 5.75 Å². The minimum absolute atomic E-state index is 0.0275. The molecule has 9 heteroatoms. The van der Waals surface area contributed by atoms with Gasteiger partial charge in [-0.3, -0.25) is 15.1 Å². The van der Waals surface area contributed by atoms with Gasteiger partial charge in [-0.25, -0.2) is 0 Å². The van der Waals surface area contributed by atoms with E-state index in [0.717, 1.165) is 10.5 Å². The molecule has 0 fully saturated rings. The van der Waals surface area contributed by atoms with E-state index in [9.17, 15) is 18.7 Å². The maximum Gasteiger partial charge on any atom is 0.425 e. The number of pyridine rings is 1. The number of thioether (sulfide) groups is 2. The molecule has 1 aromatic heterocycles. The lowest BCUT2D eigenvalue weighted by Crippen LogP contribution is -2.54. The first-order valence-corrected chi connectivity index (χ1v) is 11.3. The molecule has 0 saturated carbocycles. The molecular weight excluding hydrogens is 430 g/mol. The Labute approximate surface area is 183 Å². The van der Waals surface area contributed by atoms with Crippen LogP contribution in [0.4, 0.5) is 8.78 Å². The molecule has 0 saturated heterocycles. The van der Waals surface area contributed by atoms with E-state index in [2.05, 4.69) is 22.1 Å². The van der Waals surface area contributed by atoms with Gasteiger partial charge >= 0.3 is 12.1 Å². The van der Waals surface area contributed by atoms with Gasteiger partial charge < -0.3 is 9.84 Å². The molecule has 1 heterocycles. The fourth-order valence-corrected chi connectivity index (χ4v) is 3.80. The highest BCUT2D eigenvalue weighted by molar-refractivity contribution is 7.98. The number of ether oxygens (including phenoxy) is 1. The summed E-state index contributed by atoms with van der Waals surface area (Å²) >= 11 is 2.78. The van der Waals surface area contributed by atoms with E-state index >= 15 is 0 Å². The van der Waals surface area contributed by atoms with Crippen LogP contribution in [0.15, 0.2) is 53.7 Å². The maximum absolute atomic E-state index is 14.8. The third-order valence-corrected chi connectivity index (χ3v) is 5.73. The molecule has 5 nitrogen and oxygen atoms in total. The third kappa shape index (κ3) is 7.52. The number of nitrogens with one attached hydrogen (secondary N) is 1. The number of hydrogen-bond acceptors (Lipinski definition) is 6. The van der Waals surface area contributed by atoms with Crippen molar-refractivity contribution in [2.75, 3.05) is 12.0 Å². The second kappa shape index (κ2) is 11.8. The summed E-state index contributed by atoms with van der Waals surface area (Å²) in [6.45, 7) is 1.41. The van der Waals surface area contributed by atoms with Crippen LogP contribution in [0.2, 0.25) is 0 Å². The summed E-state index contributed by atoms with van der Waals surface area (Å²) in [7, 11) is 0. The average molecular weight is 453 g/mol. The Morgan fingerprint density at radius 1 is 1.33 bits per heavy atom. The van der Waals surface area contributed by atoms with Gasteiger partial charge in [0, 0.05) is 28.8 Å². The molecule has 0 radical (unpaired) electrons. The number of aromatic nitrogens is 1. The van der Waals surface area contributed by atoms with E-state index in [-0.39, 0.29) is 11.5 Å². The molecule has 2 rings (SSSR count). The number of nitrogens with zero attached hydrogens (tertiary/aromatic N) is 1. The minimum Gasteiger partial charge on any atom is -0.480 e. The quantitative estimate of drug-likeness (QED) is 0.392. The maximum atomic E-state index is 14.8. The summed E-state index contributed by atoms with van der Waals surface area (Å²) in [6.07, 6.45) is 1.46. The van der Waals surface area contributed by atoms with Gasteiger partial charge in [-0.1, -0.05) is 12.0 Å². The largest absolute Gasteiger partial charge is 0.480 e. The normalized spacial score (nSPS) is 13.1. The lowest BCUT2D eigenvalue weighted by atomic mass is 10.2. The van der Waals surface area contributed by atoms with Crippen LogP contribution in [-0.2, 0) is 10.5 Å². The lowest BCUT2D eigenvalue weighted by Gasteiger charge is -2.27. The molecule has 30 heavy (non-hydrogen) atoms. The fraction of sp³-hybridized carbons (Fsp3) is 0.333. The van der Waals surface area contributed by atoms with Crippen LogP contribution < -0.4 is 10.1 Å². The topological polar surface area (TPSA) is 71.5 Å². The van der Waals surface area contributed by atoms with Crippen molar-refractivity contribution in [2.24, 2.45) is 0 Å². The summed E-state index contributed by atoms with van der Waals surface area (Å²) < 4.78 is 34.4. The smallest absolute Gasteiger partial charge is 0.425 e. The van der Waals surface area contributed by atoms with E-state index < -0.39 is 24.2 Å². The fourth-order valence-electron chi connectivity index (χ4n) is 2.40. The van der Waals surface area contributed by atoms with E-state index in [4.69, 9.17) is 4.74 Å². The molecule has 0 spiro atoms. The molecule has 160 valence electrons. The Balaban J connectivity index is 2.04. The molecule has 2 atom stereocenters. The number of halogens is 2. The molecule has 0 amide bonds. The van der Waals surface area contributed by atoms with Gasteiger partial charge in [0.1, 0.15) is 11.8 Å². The number of carboxylic acids is 1. The summed E-state index contributed by atoms with van der Waals surface area (Å²) in [5, 5.41) is 11.9. The van der Waals surface area contributed by atoms with Gasteiger partial charge in [-0.2, -0.15) is 20.5 Å². The van der Waals surface area contributed by atoms with Crippen LogP contribution in [0.1, 0.15) is 12.5 Å². The SMILES string of the molecule is CC#CC(NC(CSCc1cccnc1)C(=O)O)C(F)(F)Oc1ccc(SC)cc1. The van der Waals surface area contributed by atoms with Crippen molar-refractivity contribution in [1.29, 1.82) is 0 Å². The lowest BCUT2D eigenvalue weighted by molar-refractivity contribution is -0.188. The van der Waals surface area contributed by atoms with Crippen molar-refractivity contribution in [2.45, 2.75) is 35.8 Å². The van der Waals surface area contributed by atoms with Gasteiger partial charge in [0.25, 0.3) is 0 Å². The second-order valence-corrected chi connectivity index (χ2v) is 8.01. The number of benzene rings is 1. The number of alkyl halides is 2. The molecule has 2 unspecified atom stereocenters. The molecular formula is C21H22F2N2O3S2. The van der Waals surface area contributed by atoms with Crippen molar-refractivity contribution in [3.05, 3.63) is 54.4 Å². The zero-order valence-electron chi connectivity index (χ0n) is 16.5. The molecule has 1 aromatic carbocycles. The van der Waals surface area contributed by atoms with Crippen LogP contribution in [0.25, 0.3) is 0 Å². The molecule has 0 aliphatic rings. The second-order valence-electron chi connectivity index (χ2n) is 6.10. The van der Waals surface area contributed by atoms with Crippen LogP contribution >= 0.6 is 23.5 Å². The van der Waals surface area contributed by atoms with E-state index in [1.54, 1.807) is 30.6 Å². The number of carbonyl (C=O) groups is 1. The highest BCUT2D eigenvalue weighted by atomic mass is 32.2. The zero-order chi connectivity index (χ0) is 22.0. The first kappa shape index (κ1) is 24.0. The van der Waals surface area contributed by atoms with Gasteiger partial charge in [0.2, 0.25) is 0 Å². The highest BCUT2D eigenvalue weighted by Gasteiger charge is 2.43. The van der Waals surface area contributed by atoms with Crippen molar-refractivity contribution >= 4 is 29.5 Å². The van der Waals surface area contributed by atoms with Crippen molar-refractivity contribution in [3.8, 4) is 17.6 Å². The van der Waals surface area contributed by atoms with Crippen molar-refractivity contribution in [3.63, 3.8) is 0 Å². The molecule has 0 bridgehead atoms. The predicted octanol–water partition coefficient (Wildman–Crippen LogP) is 4.14. The standard InChI is InChI=1S/C21H22F2N2O3S2/c1-3-5-19(21(22,23)28-16-7-9-17(29-2)10-8-16)25-18(20(26)27)14-30-13-15-6-4-11-24-12-15/h4,6-12,18-19,25H,13-14H2,1-2H3,(H,26,27). The van der Waals surface area contributed by atoms with E-state index in [1.165, 1.54) is 42.6 Å². The molecule has 2 aromatic rings. The molecule has 2 N–H and O–H groups in total. The van der Waals surface area contributed by atoms with Crippen LogP contribution in [0.5, 0.6) is 5.75 Å². The molecule has 0 aliphatic heterocycles. The summed E-state index contributed by atoms with van der Waals surface area (Å²) in [5.74, 6) is 4.08. The van der Waals surface area contributed by atoms with Gasteiger partial charge in [-0.15, -0.1) is 17.7 Å². The first-order chi connectivity index (χ1) is 14.4. The Kier molecular flexibility index (Phi) is 9.43. The van der Waals surface area contributed by atoms with Crippen molar-refractivity contribution in [1.82, 2.24) is 10.3 Å². The minimum atomic E-state index is -3.73. The monoisotopic (exact) mass is 452 g/mol. The number of aliphatic carboxylic acids is 1. The van der Waals surface area contributed by atoms with Gasteiger partial charge in [0.15, 0.2) is 6.04 Å². The van der Waals surface area contributed by atoms with Crippen LogP contribution in [-0.4, -0.2) is 46.3 Å². The van der Waals surface area contributed by atoms with Crippen LogP contribution in [0, 0.1) is 11.8 Å². The Morgan fingerprint density at radius 3 is 2.63 bits per heavy atom. The highest BCUT2D eigenvalue weighted by Crippen LogP contribution is 2.27. The molecule has 0 aliphatic carbocycles.